The number of hydrogen-bond donors (Lipinski definition) is 2. The Morgan fingerprint density at radius 1 is 1.43 bits per heavy atom. The average Bonchev–Trinajstić information content (AvgIpc) is 2.22. The van der Waals surface area contributed by atoms with Crippen molar-refractivity contribution in [3.63, 3.8) is 0 Å². The van der Waals surface area contributed by atoms with Crippen molar-refractivity contribution < 1.29 is 4.79 Å². The van der Waals surface area contributed by atoms with Gasteiger partial charge >= 0.3 is 0 Å². The van der Waals surface area contributed by atoms with Gasteiger partial charge in [0.15, 0.2) is 5.78 Å². The molecule has 3 heteroatoms. The molecule has 0 radical (unpaired) electrons. The van der Waals surface area contributed by atoms with Gasteiger partial charge in [0.05, 0.1) is 0 Å². The highest BCUT2D eigenvalue weighted by Gasteiger charge is 1.98. The summed E-state index contributed by atoms with van der Waals surface area (Å²) in [6.07, 6.45) is 0. The zero-order valence-corrected chi connectivity index (χ0v) is 9.77. The van der Waals surface area contributed by atoms with Crippen molar-refractivity contribution in [1.82, 2.24) is 4.72 Å². The van der Waals surface area contributed by atoms with Crippen molar-refractivity contribution in [2.24, 2.45) is 0 Å². The van der Waals surface area contributed by atoms with Gasteiger partial charge in [-0.15, -0.1) is 0 Å². The minimum atomic E-state index is 0.0935. The highest BCUT2D eigenvalue weighted by molar-refractivity contribution is 7.78. The highest BCUT2D eigenvalue weighted by Crippen LogP contribution is 2.05. The lowest BCUT2D eigenvalue weighted by Crippen LogP contribution is -2.00. The van der Waals surface area contributed by atoms with Crippen LogP contribution in [0, 0.1) is 0 Å². The van der Waals surface area contributed by atoms with Crippen LogP contribution in [0.1, 0.15) is 36.7 Å². The van der Waals surface area contributed by atoms with E-state index in [-0.39, 0.29) is 5.78 Å². The van der Waals surface area contributed by atoms with E-state index in [2.05, 4.69) is 17.5 Å². The van der Waals surface area contributed by atoms with E-state index in [1.165, 1.54) is 0 Å². The second-order valence-corrected chi connectivity index (χ2v) is 2.91. The van der Waals surface area contributed by atoms with Gasteiger partial charge in [-0.3, -0.25) is 9.52 Å². The number of ketones is 1. The Kier molecular flexibility index (Phi) is 7.16. The van der Waals surface area contributed by atoms with Crippen LogP contribution in [-0.4, -0.2) is 5.78 Å². The summed E-state index contributed by atoms with van der Waals surface area (Å²) < 4.78 is 2.73. The van der Waals surface area contributed by atoms with Crippen LogP contribution in [0.5, 0.6) is 0 Å². The van der Waals surface area contributed by atoms with Crippen LogP contribution in [-0.2, 0) is 6.54 Å². The maximum atomic E-state index is 11.0. The molecule has 1 N–H and O–H groups in total. The summed E-state index contributed by atoms with van der Waals surface area (Å²) in [7, 11) is 0. The molecule has 0 aromatic heterocycles. The molecule has 14 heavy (non-hydrogen) atoms. The molecular weight excluding hydrogens is 194 g/mol. The molecule has 0 bridgehead atoms. The molecule has 0 amide bonds. The third-order valence-corrected chi connectivity index (χ3v) is 1.77. The van der Waals surface area contributed by atoms with Crippen molar-refractivity contribution >= 4 is 18.6 Å². The van der Waals surface area contributed by atoms with Gasteiger partial charge in [-0.05, 0) is 18.6 Å². The van der Waals surface area contributed by atoms with Gasteiger partial charge in [0.2, 0.25) is 0 Å². The van der Waals surface area contributed by atoms with Crippen LogP contribution in [0.15, 0.2) is 24.3 Å². The van der Waals surface area contributed by atoms with Gasteiger partial charge in [-0.25, -0.2) is 0 Å². The molecule has 0 atom stereocenters. The SMILES string of the molecule is CC.CC(=O)c1cccc(CNS)c1. The van der Waals surface area contributed by atoms with Gasteiger partial charge in [0, 0.05) is 12.1 Å². The summed E-state index contributed by atoms with van der Waals surface area (Å²) in [6, 6.07) is 7.50. The van der Waals surface area contributed by atoms with Crippen LogP contribution in [0.2, 0.25) is 0 Å². The maximum absolute atomic E-state index is 11.0. The summed E-state index contributed by atoms with van der Waals surface area (Å²) in [5, 5.41) is 0. The number of thiol groups is 1. The number of nitrogens with one attached hydrogen (secondary N) is 1. The molecule has 0 saturated carbocycles. The first-order valence-electron chi connectivity index (χ1n) is 4.71. The average molecular weight is 211 g/mol. The van der Waals surface area contributed by atoms with E-state index in [9.17, 15) is 4.79 Å². The minimum Gasteiger partial charge on any atom is -0.295 e. The molecule has 0 fully saturated rings. The van der Waals surface area contributed by atoms with Crippen molar-refractivity contribution in [3.8, 4) is 0 Å². The van der Waals surface area contributed by atoms with Gasteiger partial charge < -0.3 is 0 Å². The predicted octanol–water partition coefficient (Wildman–Crippen LogP) is 2.85. The van der Waals surface area contributed by atoms with E-state index in [4.69, 9.17) is 0 Å². The second-order valence-electron chi connectivity index (χ2n) is 2.59. The fourth-order valence-electron chi connectivity index (χ4n) is 0.992. The Labute approximate surface area is 91.3 Å². The zero-order chi connectivity index (χ0) is 11.0. The molecule has 1 rings (SSSR count). The first kappa shape index (κ1) is 13.2. The van der Waals surface area contributed by atoms with E-state index in [1.807, 2.05) is 38.1 Å². The Morgan fingerprint density at radius 2 is 2.07 bits per heavy atom. The summed E-state index contributed by atoms with van der Waals surface area (Å²) in [4.78, 5) is 11.0. The highest BCUT2D eigenvalue weighted by atomic mass is 32.1. The summed E-state index contributed by atoms with van der Waals surface area (Å²) >= 11 is 3.88. The molecule has 78 valence electrons. The summed E-state index contributed by atoms with van der Waals surface area (Å²) in [5.41, 5.74) is 1.81. The lowest BCUT2D eigenvalue weighted by atomic mass is 10.1. The number of carbonyl (C=O) groups is 1. The molecule has 0 aliphatic carbocycles. The third kappa shape index (κ3) is 4.44. The first-order valence-corrected chi connectivity index (χ1v) is 5.15. The van der Waals surface area contributed by atoms with E-state index in [0.29, 0.717) is 6.54 Å². The molecular formula is C11H17NOS. The van der Waals surface area contributed by atoms with Gasteiger partial charge in [-0.2, -0.15) is 0 Å². The molecule has 0 saturated heterocycles. The lowest BCUT2D eigenvalue weighted by Gasteiger charge is -2.00. The Morgan fingerprint density at radius 3 is 2.57 bits per heavy atom. The fraction of sp³-hybridized carbons (Fsp3) is 0.364. The van der Waals surface area contributed by atoms with Crippen LogP contribution in [0.3, 0.4) is 0 Å². The smallest absolute Gasteiger partial charge is 0.159 e. The second kappa shape index (κ2) is 7.59. The van der Waals surface area contributed by atoms with Crippen molar-refractivity contribution in [1.29, 1.82) is 0 Å². The summed E-state index contributed by atoms with van der Waals surface area (Å²) in [6.45, 7) is 6.23. The summed E-state index contributed by atoms with van der Waals surface area (Å²) in [5.74, 6) is 0.0935. The normalized spacial score (nSPS) is 8.86. The van der Waals surface area contributed by atoms with Gasteiger partial charge in [0.1, 0.15) is 0 Å². The molecule has 0 aliphatic rings. The largest absolute Gasteiger partial charge is 0.295 e. The maximum Gasteiger partial charge on any atom is 0.159 e. The molecule has 1 aromatic carbocycles. The zero-order valence-electron chi connectivity index (χ0n) is 8.87. The van der Waals surface area contributed by atoms with E-state index in [0.717, 1.165) is 11.1 Å². The number of benzene rings is 1. The molecule has 0 spiro atoms. The van der Waals surface area contributed by atoms with Gasteiger partial charge in [0.25, 0.3) is 0 Å². The van der Waals surface area contributed by atoms with Crippen LogP contribution in [0.25, 0.3) is 0 Å². The van der Waals surface area contributed by atoms with Gasteiger partial charge in [-0.1, -0.05) is 44.9 Å². The molecule has 1 aromatic rings. The van der Waals surface area contributed by atoms with E-state index >= 15 is 0 Å². The number of hydrogen-bond acceptors (Lipinski definition) is 3. The Bertz CT molecular complexity index is 286. The Balaban J connectivity index is 0.000000791. The third-order valence-electron chi connectivity index (χ3n) is 1.62. The van der Waals surface area contributed by atoms with Crippen LogP contribution < -0.4 is 4.72 Å². The number of Topliss-reactive ketones (excluding diaryl/α,β-unsaturated/α-hetero) is 1. The van der Waals surface area contributed by atoms with Crippen molar-refractivity contribution in [2.45, 2.75) is 27.3 Å². The quantitative estimate of drug-likeness (QED) is 0.594. The van der Waals surface area contributed by atoms with Crippen molar-refractivity contribution in [2.75, 3.05) is 0 Å². The standard InChI is InChI=1S/C9H11NOS.C2H6/c1-7(11)9-4-2-3-8(5-9)6-10-12;1-2/h2-5,10,12H,6H2,1H3;1-2H3. The van der Waals surface area contributed by atoms with Crippen molar-refractivity contribution in [3.05, 3.63) is 35.4 Å². The number of carbonyl (C=O) groups excluding carboxylic acids is 1. The lowest BCUT2D eigenvalue weighted by molar-refractivity contribution is 0.101. The minimum absolute atomic E-state index is 0.0935. The monoisotopic (exact) mass is 211 g/mol. The molecule has 0 unspecified atom stereocenters. The van der Waals surface area contributed by atoms with E-state index in [1.54, 1.807) is 6.92 Å². The number of rotatable bonds is 3. The van der Waals surface area contributed by atoms with E-state index < -0.39 is 0 Å². The molecule has 2 nitrogen and oxygen atoms in total. The first-order chi connectivity index (χ1) is 6.74. The van der Waals surface area contributed by atoms with Crippen LogP contribution in [0.4, 0.5) is 0 Å². The predicted molar refractivity (Wildman–Crippen MR) is 63.6 cm³/mol. The molecule has 0 aliphatic heterocycles. The Hall–Kier alpha value is -0.800. The topological polar surface area (TPSA) is 29.1 Å². The van der Waals surface area contributed by atoms with Crippen LogP contribution >= 0.6 is 12.8 Å². The molecule has 0 heterocycles. The fourth-order valence-corrected chi connectivity index (χ4v) is 1.17.